The van der Waals surface area contributed by atoms with E-state index in [0.717, 1.165) is 16.8 Å². The Morgan fingerprint density at radius 3 is 2.55 bits per heavy atom. The smallest absolute Gasteiger partial charge is 0.191 e. The number of hydrogen-bond acceptors (Lipinski definition) is 3. The molecule has 0 saturated carbocycles. The Morgan fingerprint density at radius 2 is 1.85 bits per heavy atom. The molecule has 0 unspecified atom stereocenters. The van der Waals surface area contributed by atoms with Crippen molar-refractivity contribution in [2.24, 2.45) is 5.10 Å². The van der Waals surface area contributed by atoms with Crippen LogP contribution >= 0.6 is 12.2 Å². The first-order valence-electron chi connectivity index (χ1n) is 6.10. The highest BCUT2D eigenvalue weighted by Crippen LogP contribution is 2.12. The van der Waals surface area contributed by atoms with Gasteiger partial charge in [-0.1, -0.05) is 18.2 Å². The minimum atomic E-state index is 0.229. The zero-order chi connectivity index (χ0) is 14.4. The minimum Gasteiger partial charge on any atom is -0.508 e. The maximum absolute atomic E-state index is 9.17. The maximum Gasteiger partial charge on any atom is 0.191 e. The molecule has 0 aliphatic rings. The van der Waals surface area contributed by atoms with Crippen molar-refractivity contribution < 1.29 is 5.11 Å². The van der Waals surface area contributed by atoms with E-state index >= 15 is 0 Å². The van der Waals surface area contributed by atoms with Crippen LogP contribution in [-0.2, 0) is 0 Å². The number of phenols is 1. The molecule has 5 heteroatoms. The molecule has 2 rings (SSSR count). The monoisotopic (exact) mass is 285 g/mol. The van der Waals surface area contributed by atoms with Crippen molar-refractivity contribution in [3.63, 3.8) is 0 Å². The molecular weight excluding hydrogens is 270 g/mol. The van der Waals surface area contributed by atoms with E-state index in [9.17, 15) is 0 Å². The predicted molar refractivity (Wildman–Crippen MR) is 86.2 cm³/mol. The molecule has 0 bridgehead atoms. The first-order valence-corrected chi connectivity index (χ1v) is 6.51. The van der Waals surface area contributed by atoms with Crippen molar-refractivity contribution in [1.29, 1.82) is 0 Å². The van der Waals surface area contributed by atoms with Gasteiger partial charge in [0, 0.05) is 5.69 Å². The lowest BCUT2D eigenvalue weighted by molar-refractivity contribution is 0.475. The van der Waals surface area contributed by atoms with Gasteiger partial charge in [-0.15, -0.1) is 0 Å². The fourth-order valence-electron chi connectivity index (χ4n) is 1.59. The number of hydrogen-bond donors (Lipinski definition) is 3. The van der Waals surface area contributed by atoms with Crippen LogP contribution in [0.25, 0.3) is 0 Å². The number of aryl methyl sites for hydroxylation is 1. The molecule has 0 atom stereocenters. The summed E-state index contributed by atoms with van der Waals surface area (Å²) in [5, 5.41) is 16.7. The third-order valence-corrected chi connectivity index (χ3v) is 2.86. The molecule has 102 valence electrons. The van der Waals surface area contributed by atoms with Crippen LogP contribution in [0.1, 0.15) is 11.1 Å². The second-order valence-electron chi connectivity index (χ2n) is 4.23. The lowest BCUT2D eigenvalue weighted by Gasteiger charge is -2.09. The highest BCUT2D eigenvalue weighted by molar-refractivity contribution is 7.80. The lowest BCUT2D eigenvalue weighted by atomic mass is 10.2. The lowest BCUT2D eigenvalue weighted by Crippen LogP contribution is -2.24. The standard InChI is InChI=1S/C15H15N3OS/c1-11-4-2-3-5-14(11)17-15(20)18-16-10-12-6-8-13(19)9-7-12/h2-10,19H,1H3,(H2,17,18,20)/b16-10+. The molecule has 0 amide bonds. The Kier molecular flexibility index (Phi) is 4.68. The molecule has 0 saturated heterocycles. The third kappa shape index (κ3) is 4.07. The van der Waals surface area contributed by atoms with E-state index in [1.54, 1.807) is 30.5 Å². The van der Waals surface area contributed by atoms with Crippen LogP contribution in [0.4, 0.5) is 5.69 Å². The molecule has 0 radical (unpaired) electrons. The van der Waals surface area contributed by atoms with E-state index in [4.69, 9.17) is 17.3 Å². The zero-order valence-corrected chi connectivity index (χ0v) is 11.8. The van der Waals surface area contributed by atoms with Crippen LogP contribution in [-0.4, -0.2) is 16.4 Å². The van der Waals surface area contributed by atoms with E-state index < -0.39 is 0 Å². The molecule has 0 heterocycles. The van der Waals surface area contributed by atoms with Gasteiger partial charge < -0.3 is 10.4 Å². The Hall–Kier alpha value is -2.40. The fraction of sp³-hybridized carbons (Fsp3) is 0.0667. The van der Waals surface area contributed by atoms with Crippen LogP contribution in [0.5, 0.6) is 5.75 Å². The van der Waals surface area contributed by atoms with Gasteiger partial charge in [0.05, 0.1) is 6.21 Å². The Labute approximate surface area is 123 Å². The normalized spacial score (nSPS) is 10.4. The van der Waals surface area contributed by atoms with Crippen LogP contribution in [0.2, 0.25) is 0 Å². The van der Waals surface area contributed by atoms with Crippen LogP contribution in [0.3, 0.4) is 0 Å². The van der Waals surface area contributed by atoms with E-state index in [1.165, 1.54) is 0 Å². The SMILES string of the molecule is Cc1ccccc1NC(=S)N/N=C/c1ccc(O)cc1. The number of thiocarbonyl (C=S) groups is 1. The maximum atomic E-state index is 9.17. The molecular formula is C15H15N3OS. The number of rotatable bonds is 3. The third-order valence-electron chi connectivity index (χ3n) is 2.67. The Balaban J connectivity index is 1.89. The van der Waals surface area contributed by atoms with E-state index in [2.05, 4.69) is 15.8 Å². The molecule has 0 aromatic heterocycles. The number of anilines is 1. The van der Waals surface area contributed by atoms with Gasteiger partial charge in [0.15, 0.2) is 5.11 Å². The van der Waals surface area contributed by atoms with Crippen LogP contribution in [0.15, 0.2) is 53.6 Å². The van der Waals surface area contributed by atoms with Gasteiger partial charge in [-0.25, -0.2) is 0 Å². The topological polar surface area (TPSA) is 56.7 Å². The van der Waals surface area contributed by atoms with Crippen molar-refractivity contribution in [3.05, 3.63) is 59.7 Å². The number of nitrogens with zero attached hydrogens (tertiary/aromatic N) is 1. The molecule has 2 aromatic carbocycles. The molecule has 0 spiro atoms. The highest BCUT2D eigenvalue weighted by atomic mass is 32.1. The van der Waals surface area contributed by atoms with Gasteiger partial charge in [0.1, 0.15) is 5.75 Å². The second-order valence-corrected chi connectivity index (χ2v) is 4.64. The molecule has 2 aromatic rings. The second kappa shape index (κ2) is 6.68. The quantitative estimate of drug-likeness (QED) is 0.461. The largest absolute Gasteiger partial charge is 0.508 e. The Morgan fingerprint density at radius 1 is 1.15 bits per heavy atom. The zero-order valence-electron chi connectivity index (χ0n) is 11.0. The molecule has 3 N–H and O–H groups in total. The van der Waals surface area contributed by atoms with Gasteiger partial charge in [0.25, 0.3) is 0 Å². The van der Waals surface area contributed by atoms with Crippen molar-refractivity contribution in [2.75, 3.05) is 5.32 Å². The van der Waals surface area contributed by atoms with Crippen molar-refractivity contribution in [3.8, 4) is 5.75 Å². The summed E-state index contributed by atoms with van der Waals surface area (Å²) in [6, 6.07) is 14.6. The first-order chi connectivity index (χ1) is 9.65. The molecule has 0 aliphatic heterocycles. The Bertz CT molecular complexity index is 623. The first kappa shape index (κ1) is 14.0. The van der Waals surface area contributed by atoms with E-state index in [-0.39, 0.29) is 5.75 Å². The van der Waals surface area contributed by atoms with Crippen molar-refractivity contribution in [2.45, 2.75) is 6.92 Å². The van der Waals surface area contributed by atoms with Gasteiger partial charge in [-0.3, -0.25) is 5.43 Å². The highest BCUT2D eigenvalue weighted by Gasteiger charge is 1.98. The van der Waals surface area contributed by atoms with E-state index in [0.29, 0.717) is 5.11 Å². The average molecular weight is 285 g/mol. The molecule has 0 aliphatic carbocycles. The summed E-state index contributed by atoms with van der Waals surface area (Å²) in [5.74, 6) is 0.229. The van der Waals surface area contributed by atoms with Crippen molar-refractivity contribution >= 4 is 29.2 Å². The predicted octanol–water partition coefficient (Wildman–Crippen LogP) is 3.02. The molecule has 0 fully saturated rings. The number of benzene rings is 2. The van der Waals surface area contributed by atoms with Gasteiger partial charge in [-0.2, -0.15) is 5.10 Å². The van der Waals surface area contributed by atoms with Crippen LogP contribution < -0.4 is 10.7 Å². The van der Waals surface area contributed by atoms with Gasteiger partial charge in [-0.05, 0) is 60.6 Å². The number of aromatic hydroxyl groups is 1. The number of nitrogens with one attached hydrogen (secondary N) is 2. The van der Waals surface area contributed by atoms with Gasteiger partial charge in [0.2, 0.25) is 0 Å². The number of hydrazone groups is 1. The summed E-state index contributed by atoms with van der Waals surface area (Å²) in [6.45, 7) is 2.00. The number of phenolic OH excluding ortho intramolecular Hbond substituents is 1. The van der Waals surface area contributed by atoms with Gasteiger partial charge >= 0.3 is 0 Å². The molecule has 20 heavy (non-hydrogen) atoms. The minimum absolute atomic E-state index is 0.229. The summed E-state index contributed by atoms with van der Waals surface area (Å²) in [6.07, 6.45) is 1.63. The van der Waals surface area contributed by atoms with Crippen molar-refractivity contribution in [1.82, 2.24) is 5.43 Å². The summed E-state index contributed by atoms with van der Waals surface area (Å²) >= 11 is 5.16. The summed E-state index contributed by atoms with van der Waals surface area (Å²) < 4.78 is 0. The van der Waals surface area contributed by atoms with Crippen LogP contribution in [0, 0.1) is 6.92 Å². The summed E-state index contributed by atoms with van der Waals surface area (Å²) in [4.78, 5) is 0. The average Bonchev–Trinajstić information content (AvgIpc) is 2.44. The fourth-order valence-corrected chi connectivity index (χ4v) is 1.75. The van der Waals surface area contributed by atoms with E-state index in [1.807, 2.05) is 31.2 Å². The summed E-state index contributed by atoms with van der Waals surface area (Å²) in [5.41, 5.74) is 5.68. The molecule has 4 nitrogen and oxygen atoms in total. The number of para-hydroxylation sites is 1. The summed E-state index contributed by atoms with van der Waals surface area (Å²) in [7, 11) is 0.